The van der Waals surface area contributed by atoms with Crippen molar-refractivity contribution < 1.29 is 39.0 Å². The predicted molar refractivity (Wildman–Crippen MR) is 145 cm³/mol. The van der Waals surface area contributed by atoms with Gasteiger partial charge in [-0.05, 0) is 16.0 Å². The molecule has 0 radical (unpaired) electrons. The Bertz CT molecular complexity index is 1440. The van der Waals surface area contributed by atoms with Crippen LogP contribution in [0.3, 0.4) is 0 Å². The molecule has 0 bridgehead atoms. The molecular weight excluding hydrogens is 602 g/mol. The lowest BCUT2D eigenvalue weighted by Crippen LogP contribution is -2.71. The maximum absolute atomic E-state index is 13.1. The van der Waals surface area contributed by atoms with Crippen LogP contribution in [0.15, 0.2) is 39.6 Å². The topological polar surface area (TPSA) is 231 Å². The molecule has 20 heteroatoms. The number of thioether (sulfide) groups is 2. The molecule has 0 spiro atoms. The Hall–Kier alpha value is -4.30. The number of nitrogens with one attached hydrogen (secondary N) is 2. The molecule has 1 fully saturated rings. The Morgan fingerprint density at radius 1 is 1.34 bits per heavy atom. The van der Waals surface area contributed by atoms with E-state index < -0.39 is 35.2 Å². The minimum atomic E-state index is -1.31. The number of carbonyl (C=O) groups excluding carboxylic acids is 3. The van der Waals surface area contributed by atoms with E-state index >= 15 is 0 Å². The largest absolute Gasteiger partial charge is 0.481 e. The number of tetrazole rings is 1. The van der Waals surface area contributed by atoms with E-state index in [1.165, 1.54) is 27.9 Å². The predicted octanol–water partition coefficient (Wildman–Crippen LogP) is -0.390. The monoisotopic (exact) mass is 623 g/mol. The minimum absolute atomic E-state index is 0.00550. The van der Waals surface area contributed by atoms with E-state index in [4.69, 9.17) is 9.94 Å². The average molecular weight is 624 g/mol. The number of aliphatic carboxylic acids is 2. The van der Waals surface area contributed by atoms with Crippen molar-refractivity contribution in [1.82, 2.24) is 35.4 Å². The number of aryl methyl sites for hydroxylation is 1. The van der Waals surface area contributed by atoms with E-state index in [0.717, 1.165) is 28.0 Å². The van der Waals surface area contributed by atoms with Gasteiger partial charge in [0.05, 0.1) is 13.0 Å². The van der Waals surface area contributed by atoms with Crippen LogP contribution in [0.4, 0.5) is 5.13 Å². The number of rotatable bonds is 15. The van der Waals surface area contributed by atoms with E-state index in [0.29, 0.717) is 17.1 Å². The smallest absolute Gasteiger partial charge is 0.352 e. The quantitative estimate of drug-likeness (QED) is 0.0377. The Balaban J connectivity index is 1.47. The van der Waals surface area contributed by atoms with Gasteiger partial charge in [0.2, 0.25) is 11.6 Å². The molecule has 0 aliphatic carbocycles. The van der Waals surface area contributed by atoms with Crippen molar-refractivity contribution in [2.75, 3.05) is 23.4 Å². The van der Waals surface area contributed by atoms with Crippen molar-refractivity contribution in [1.29, 1.82) is 0 Å². The molecule has 0 saturated carbocycles. The van der Waals surface area contributed by atoms with Crippen LogP contribution >= 0.6 is 34.9 Å². The fraction of sp³-hybridized carbons (Fsp3) is 0.333. The van der Waals surface area contributed by atoms with Gasteiger partial charge in [-0.25, -0.2) is 14.5 Å². The third kappa shape index (κ3) is 6.72. The first-order chi connectivity index (χ1) is 19.7. The van der Waals surface area contributed by atoms with Gasteiger partial charge in [-0.3, -0.25) is 24.1 Å². The van der Waals surface area contributed by atoms with Crippen LogP contribution in [0.2, 0.25) is 0 Å². The molecule has 2 aromatic heterocycles. The minimum Gasteiger partial charge on any atom is -0.481 e. The highest BCUT2D eigenvalue weighted by Gasteiger charge is 2.54. The summed E-state index contributed by atoms with van der Waals surface area (Å²) in [6.07, 6.45) is 1.65. The number of hydrogen-bond donors (Lipinski definition) is 4. The van der Waals surface area contributed by atoms with E-state index in [1.807, 2.05) is 0 Å². The zero-order valence-electron chi connectivity index (χ0n) is 20.8. The number of oxime groups is 1. The molecule has 1 unspecified atom stereocenters. The molecule has 4 heterocycles. The zero-order valence-corrected chi connectivity index (χ0v) is 23.3. The Kier molecular flexibility index (Phi) is 9.68. The molecule has 0 aromatic carbocycles. The molecule has 2 atom stereocenters. The van der Waals surface area contributed by atoms with Crippen LogP contribution in [0.1, 0.15) is 12.1 Å². The van der Waals surface area contributed by atoms with Gasteiger partial charge < -0.3 is 25.7 Å². The molecule has 41 heavy (non-hydrogen) atoms. The third-order valence-corrected chi connectivity index (χ3v) is 8.60. The molecule has 2 aliphatic rings. The van der Waals surface area contributed by atoms with Gasteiger partial charge in [0.15, 0.2) is 10.8 Å². The SMILES string of the molecule is C=CCO/N=C(\C(=O)NC1C(=O)N2C(C(=O)O)=C(CSc3nnnn3CCC(=O)O)CS[C@H]12)c1csc(NC=O)n1. The number of thiazole rings is 1. The summed E-state index contributed by atoms with van der Waals surface area (Å²) in [5.41, 5.74) is 0.0822. The van der Waals surface area contributed by atoms with E-state index in [2.05, 4.69) is 42.9 Å². The van der Waals surface area contributed by atoms with E-state index in [1.54, 1.807) is 0 Å². The van der Waals surface area contributed by atoms with Crippen molar-refractivity contribution in [3.8, 4) is 0 Å². The number of carboxylic acid groups (broad SMARTS) is 2. The van der Waals surface area contributed by atoms with Gasteiger partial charge in [0.25, 0.3) is 11.8 Å². The van der Waals surface area contributed by atoms with Crippen molar-refractivity contribution in [3.63, 3.8) is 0 Å². The first kappa shape index (κ1) is 29.7. The number of carboxylic acids is 2. The van der Waals surface area contributed by atoms with Crippen LogP contribution in [0.25, 0.3) is 0 Å². The van der Waals surface area contributed by atoms with Gasteiger partial charge in [0.1, 0.15) is 29.4 Å². The standard InChI is InChI=1S/C21H21N9O8S3/c1-2-5-38-26-13(11-8-40-20(23-11)22-9-31)16(34)24-14-17(35)30-15(19(36)37)10(6-39-18(14)30)7-41-21-25-27-28-29(21)4-3-12(32)33/h2,8-9,14,18H,1,3-7H2,(H,24,34)(H,32,33)(H,36,37)(H,22,23,31)/b26-13-/t14?,18-/m1/s1. The first-order valence-corrected chi connectivity index (χ1v) is 14.4. The van der Waals surface area contributed by atoms with Crippen molar-refractivity contribution in [2.45, 2.75) is 29.5 Å². The number of amides is 3. The molecule has 216 valence electrons. The summed E-state index contributed by atoms with van der Waals surface area (Å²) in [6, 6.07) is -1.05. The molecule has 3 amide bonds. The van der Waals surface area contributed by atoms with Crippen LogP contribution in [0.5, 0.6) is 0 Å². The van der Waals surface area contributed by atoms with Crippen LogP contribution in [-0.4, -0.2) is 106 Å². The molecule has 4 rings (SSSR count). The zero-order chi connectivity index (χ0) is 29.5. The number of hydrogen-bond acceptors (Lipinski definition) is 14. The van der Waals surface area contributed by atoms with Gasteiger partial charge >= 0.3 is 11.9 Å². The highest BCUT2D eigenvalue weighted by atomic mass is 32.2. The Labute approximate surface area is 243 Å². The molecule has 2 aliphatic heterocycles. The number of aromatic nitrogens is 5. The normalized spacial score (nSPS) is 18.3. The Morgan fingerprint density at radius 3 is 2.85 bits per heavy atom. The Morgan fingerprint density at radius 2 is 2.15 bits per heavy atom. The summed E-state index contributed by atoms with van der Waals surface area (Å²) in [4.78, 5) is 70.3. The molecular formula is C21H21N9O8S3. The van der Waals surface area contributed by atoms with Gasteiger partial charge in [0, 0.05) is 16.9 Å². The lowest BCUT2D eigenvalue weighted by Gasteiger charge is -2.49. The van der Waals surface area contributed by atoms with Crippen LogP contribution in [0, 0.1) is 0 Å². The summed E-state index contributed by atoms with van der Waals surface area (Å²) in [5.74, 6) is -3.38. The molecule has 1 saturated heterocycles. The summed E-state index contributed by atoms with van der Waals surface area (Å²) in [5, 5.41) is 40.0. The molecule has 4 N–H and O–H groups in total. The summed E-state index contributed by atoms with van der Waals surface area (Å²) >= 11 is 3.42. The second kappa shape index (κ2) is 13.4. The maximum atomic E-state index is 13.1. The van der Waals surface area contributed by atoms with Gasteiger partial charge in [-0.2, -0.15) is 0 Å². The second-order valence-electron chi connectivity index (χ2n) is 8.06. The lowest BCUT2D eigenvalue weighted by molar-refractivity contribution is -0.150. The van der Waals surface area contributed by atoms with Gasteiger partial charge in [-0.15, -0.1) is 28.2 Å². The van der Waals surface area contributed by atoms with Gasteiger partial charge in [-0.1, -0.05) is 29.6 Å². The summed E-state index contributed by atoms with van der Waals surface area (Å²) in [6.45, 7) is 3.54. The fourth-order valence-electron chi connectivity index (χ4n) is 3.66. The number of fused-ring (bicyclic) bond motifs is 1. The number of β-lactam (4-membered cyclic amide) rings is 1. The van der Waals surface area contributed by atoms with E-state index in [9.17, 15) is 29.1 Å². The third-order valence-electron chi connectivity index (χ3n) is 5.44. The molecule has 17 nitrogen and oxygen atoms in total. The summed E-state index contributed by atoms with van der Waals surface area (Å²) in [7, 11) is 0. The number of anilines is 1. The van der Waals surface area contributed by atoms with Crippen molar-refractivity contribution in [2.24, 2.45) is 5.16 Å². The fourth-order valence-corrected chi connectivity index (χ4v) is 6.70. The highest BCUT2D eigenvalue weighted by molar-refractivity contribution is 8.01. The average Bonchev–Trinajstić information content (AvgIpc) is 3.60. The van der Waals surface area contributed by atoms with Crippen molar-refractivity contribution >= 4 is 75.9 Å². The highest BCUT2D eigenvalue weighted by Crippen LogP contribution is 2.41. The maximum Gasteiger partial charge on any atom is 0.352 e. The van der Waals surface area contributed by atoms with Crippen LogP contribution < -0.4 is 10.6 Å². The van der Waals surface area contributed by atoms with Crippen LogP contribution in [-0.2, 0) is 35.4 Å². The van der Waals surface area contributed by atoms with Crippen molar-refractivity contribution in [3.05, 3.63) is 35.0 Å². The summed E-state index contributed by atoms with van der Waals surface area (Å²) < 4.78 is 1.30. The number of carbonyl (C=O) groups is 5. The lowest BCUT2D eigenvalue weighted by atomic mass is 10.0. The first-order valence-electron chi connectivity index (χ1n) is 11.5. The van der Waals surface area contributed by atoms with E-state index in [-0.39, 0.29) is 53.3 Å². The number of nitrogens with zero attached hydrogens (tertiary/aromatic N) is 7. The molecule has 2 aromatic rings. The second-order valence-corrected chi connectivity index (χ2v) is 11.0.